The van der Waals surface area contributed by atoms with E-state index < -0.39 is 5.60 Å². The van der Waals surface area contributed by atoms with Gasteiger partial charge in [0, 0.05) is 13.5 Å². The van der Waals surface area contributed by atoms with Crippen molar-refractivity contribution in [3.63, 3.8) is 0 Å². The molecule has 2 heterocycles. The van der Waals surface area contributed by atoms with Gasteiger partial charge in [0.15, 0.2) is 12.4 Å². The van der Waals surface area contributed by atoms with Gasteiger partial charge in [-0.25, -0.2) is 4.79 Å². The van der Waals surface area contributed by atoms with Crippen molar-refractivity contribution in [2.75, 3.05) is 6.54 Å². The van der Waals surface area contributed by atoms with Crippen LogP contribution in [0.15, 0.2) is 28.8 Å². The lowest BCUT2D eigenvalue weighted by Crippen LogP contribution is -2.36. The average molecular weight is 417 g/mol. The number of hydrogen-bond acceptors (Lipinski definition) is 8. The zero-order valence-corrected chi connectivity index (χ0v) is 17.7. The molecule has 9 nitrogen and oxygen atoms in total. The molecule has 0 radical (unpaired) electrons. The average Bonchev–Trinajstić information content (AvgIpc) is 3.33. The van der Waals surface area contributed by atoms with Gasteiger partial charge in [-0.3, -0.25) is 9.69 Å². The summed E-state index contributed by atoms with van der Waals surface area (Å²) in [4.78, 5) is 29.3. The molecule has 162 valence electrons. The fraction of sp³-hybridized carbons (Fsp3) is 0.524. The third-order valence-electron chi connectivity index (χ3n) is 4.39. The van der Waals surface area contributed by atoms with Gasteiger partial charge in [0.05, 0.1) is 6.04 Å². The van der Waals surface area contributed by atoms with E-state index in [2.05, 4.69) is 10.1 Å². The van der Waals surface area contributed by atoms with Crippen LogP contribution in [-0.4, -0.2) is 39.2 Å². The van der Waals surface area contributed by atoms with Gasteiger partial charge in [0.2, 0.25) is 0 Å². The van der Waals surface area contributed by atoms with Crippen molar-refractivity contribution < 1.29 is 28.3 Å². The third kappa shape index (κ3) is 5.95. The molecule has 1 aliphatic rings. The highest BCUT2D eigenvalue weighted by molar-refractivity contribution is 5.69. The first-order valence-corrected chi connectivity index (χ1v) is 9.88. The molecule has 0 unspecified atom stereocenters. The fourth-order valence-electron chi connectivity index (χ4n) is 3.05. The molecule has 1 aromatic heterocycles. The van der Waals surface area contributed by atoms with E-state index in [1.165, 1.54) is 6.92 Å². The van der Waals surface area contributed by atoms with Gasteiger partial charge in [-0.1, -0.05) is 17.3 Å². The predicted molar refractivity (Wildman–Crippen MR) is 105 cm³/mol. The summed E-state index contributed by atoms with van der Waals surface area (Å²) in [7, 11) is 0. The molecule has 1 atom stereocenters. The highest BCUT2D eigenvalue weighted by Crippen LogP contribution is 2.31. The van der Waals surface area contributed by atoms with Gasteiger partial charge in [-0.2, -0.15) is 4.98 Å². The first-order chi connectivity index (χ1) is 14.2. The second kappa shape index (κ2) is 9.15. The molecular formula is C21H27N3O6. The SMILES string of the molecule is CC(=O)OCc1ccc(OCc2nc([C@@H]3CCCN3C(=O)OC(C)(C)C)no2)cc1. The van der Waals surface area contributed by atoms with E-state index in [-0.39, 0.29) is 31.3 Å². The summed E-state index contributed by atoms with van der Waals surface area (Å²) in [6.07, 6.45) is 1.23. The highest BCUT2D eigenvalue weighted by atomic mass is 16.6. The monoisotopic (exact) mass is 417 g/mol. The number of rotatable bonds is 6. The standard InChI is InChI=1S/C21H27N3O6/c1-14(25)27-12-15-7-9-16(10-8-15)28-13-18-22-19(23-30-18)17-6-5-11-24(17)20(26)29-21(2,3)4/h7-10,17H,5-6,11-13H2,1-4H3/t17-/m0/s1. The Kier molecular flexibility index (Phi) is 6.59. The van der Waals surface area contributed by atoms with Crippen molar-refractivity contribution >= 4 is 12.1 Å². The summed E-state index contributed by atoms with van der Waals surface area (Å²) in [5.74, 6) is 1.08. The van der Waals surface area contributed by atoms with Gasteiger partial charge >= 0.3 is 12.1 Å². The van der Waals surface area contributed by atoms with E-state index in [0.29, 0.717) is 24.0 Å². The Morgan fingerprint density at radius 3 is 2.60 bits per heavy atom. The van der Waals surface area contributed by atoms with Crippen LogP contribution in [0.2, 0.25) is 0 Å². The molecule has 2 aromatic rings. The van der Waals surface area contributed by atoms with Crippen LogP contribution in [0.5, 0.6) is 5.75 Å². The highest BCUT2D eigenvalue weighted by Gasteiger charge is 2.36. The number of carbonyl (C=O) groups excluding carboxylic acids is 2. The maximum absolute atomic E-state index is 12.4. The normalized spacial score (nSPS) is 16.4. The number of ether oxygens (including phenoxy) is 3. The summed E-state index contributed by atoms with van der Waals surface area (Å²) in [5.41, 5.74) is 0.301. The maximum Gasteiger partial charge on any atom is 0.410 e. The van der Waals surface area contributed by atoms with Crippen molar-refractivity contribution in [1.82, 2.24) is 15.0 Å². The summed E-state index contributed by atoms with van der Waals surface area (Å²) < 4.78 is 21.4. The molecule has 0 N–H and O–H groups in total. The number of esters is 1. The first-order valence-electron chi connectivity index (χ1n) is 9.88. The van der Waals surface area contributed by atoms with Gasteiger partial charge in [0.25, 0.3) is 5.89 Å². The molecular weight excluding hydrogens is 390 g/mol. The molecule has 0 saturated carbocycles. The van der Waals surface area contributed by atoms with Crippen molar-refractivity contribution in [3.8, 4) is 5.75 Å². The minimum atomic E-state index is -0.561. The van der Waals surface area contributed by atoms with Gasteiger partial charge in [0.1, 0.15) is 18.0 Å². The molecule has 1 saturated heterocycles. The number of carbonyl (C=O) groups is 2. The third-order valence-corrected chi connectivity index (χ3v) is 4.39. The summed E-state index contributed by atoms with van der Waals surface area (Å²) in [6.45, 7) is 7.80. The van der Waals surface area contributed by atoms with Gasteiger partial charge in [-0.05, 0) is 51.3 Å². The molecule has 30 heavy (non-hydrogen) atoms. The predicted octanol–water partition coefficient (Wildman–Crippen LogP) is 3.78. The summed E-state index contributed by atoms with van der Waals surface area (Å²) in [5, 5.41) is 4.03. The number of amides is 1. The van der Waals surface area contributed by atoms with Crippen LogP contribution in [0.4, 0.5) is 4.79 Å². The van der Waals surface area contributed by atoms with Crippen LogP contribution < -0.4 is 4.74 Å². The molecule has 1 aromatic carbocycles. The van der Waals surface area contributed by atoms with Gasteiger partial charge < -0.3 is 18.7 Å². The van der Waals surface area contributed by atoms with E-state index in [1.54, 1.807) is 17.0 Å². The van der Waals surface area contributed by atoms with Crippen molar-refractivity contribution in [1.29, 1.82) is 0 Å². The Labute approximate surface area is 175 Å². The van der Waals surface area contributed by atoms with Crippen LogP contribution in [0.1, 0.15) is 63.9 Å². The Balaban J connectivity index is 1.56. The topological polar surface area (TPSA) is 104 Å². The minimum absolute atomic E-state index is 0.107. The van der Waals surface area contributed by atoms with E-state index in [1.807, 2.05) is 32.9 Å². The molecule has 0 bridgehead atoms. The molecule has 1 fully saturated rings. The van der Waals surface area contributed by atoms with E-state index >= 15 is 0 Å². The van der Waals surface area contributed by atoms with Crippen LogP contribution in [0.3, 0.4) is 0 Å². The van der Waals surface area contributed by atoms with E-state index in [9.17, 15) is 9.59 Å². The Morgan fingerprint density at radius 1 is 1.20 bits per heavy atom. The van der Waals surface area contributed by atoms with E-state index in [0.717, 1.165) is 18.4 Å². The first kappa shape index (κ1) is 21.6. The van der Waals surface area contributed by atoms with Crippen molar-refractivity contribution in [3.05, 3.63) is 41.5 Å². The van der Waals surface area contributed by atoms with Crippen molar-refractivity contribution in [2.24, 2.45) is 0 Å². The Bertz CT molecular complexity index is 872. The molecule has 1 amide bonds. The van der Waals surface area contributed by atoms with Crippen LogP contribution >= 0.6 is 0 Å². The lowest BCUT2D eigenvalue weighted by molar-refractivity contribution is -0.142. The summed E-state index contributed by atoms with van der Waals surface area (Å²) >= 11 is 0. The fourth-order valence-corrected chi connectivity index (χ4v) is 3.05. The smallest absolute Gasteiger partial charge is 0.410 e. The van der Waals surface area contributed by atoms with Crippen LogP contribution in [-0.2, 0) is 27.5 Å². The lowest BCUT2D eigenvalue weighted by atomic mass is 10.2. The molecule has 0 spiro atoms. The summed E-state index contributed by atoms with van der Waals surface area (Å²) in [6, 6.07) is 6.91. The number of nitrogens with zero attached hydrogens (tertiary/aromatic N) is 3. The number of aromatic nitrogens is 2. The molecule has 1 aliphatic heterocycles. The number of benzene rings is 1. The number of likely N-dealkylation sites (tertiary alicyclic amines) is 1. The van der Waals surface area contributed by atoms with Crippen molar-refractivity contribution in [2.45, 2.75) is 65.4 Å². The Morgan fingerprint density at radius 2 is 1.93 bits per heavy atom. The zero-order valence-electron chi connectivity index (χ0n) is 17.7. The van der Waals surface area contributed by atoms with Crippen LogP contribution in [0.25, 0.3) is 0 Å². The van der Waals surface area contributed by atoms with Crippen LogP contribution in [0, 0.1) is 0 Å². The largest absolute Gasteiger partial charge is 0.484 e. The zero-order chi connectivity index (χ0) is 21.7. The Hall–Kier alpha value is -3.10. The second-order valence-electron chi connectivity index (χ2n) is 8.09. The second-order valence-corrected chi connectivity index (χ2v) is 8.09. The quantitative estimate of drug-likeness (QED) is 0.654. The molecule has 9 heteroatoms. The molecule has 3 rings (SSSR count). The maximum atomic E-state index is 12.4. The lowest BCUT2D eigenvalue weighted by Gasteiger charge is -2.27. The van der Waals surface area contributed by atoms with Gasteiger partial charge in [-0.15, -0.1) is 0 Å². The van der Waals surface area contributed by atoms with E-state index in [4.69, 9.17) is 18.7 Å². The molecule has 0 aliphatic carbocycles. The minimum Gasteiger partial charge on any atom is -0.484 e. The number of hydrogen-bond donors (Lipinski definition) is 0.